The third kappa shape index (κ3) is 2.80. The van der Waals surface area contributed by atoms with Crippen molar-refractivity contribution >= 4 is 11.6 Å². The molecule has 0 aliphatic rings. The highest BCUT2D eigenvalue weighted by Crippen LogP contribution is 2.22. The molecule has 0 aliphatic carbocycles. The van der Waals surface area contributed by atoms with E-state index in [1.165, 1.54) is 0 Å². The molecule has 1 N–H and O–H groups in total. The molecule has 19 heavy (non-hydrogen) atoms. The van der Waals surface area contributed by atoms with Gasteiger partial charge in [0.2, 0.25) is 0 Å². The van der Waals surface area contributed by atoms with Gasteiger partial charge in [0.05, 0.1) is 17.4 Å². The molecular formula is C14H19ClN4. The van der Waals surface area contributed by atoms with Crippen LogP contribution in [0.15, 0.2) is 18.2 Å². The molecule has 0 amide bonds. The van der Waals surface area contributed by atoms with Crippen molar-refractivity contribution in [3.63, 3.8) is 0 Å². The van der Waals surface area contributed by atoms with Crippen LogP contribution in [0.25, 0.3) is 5.69 Å². The smallest absolute Gasteiger partial charge is 0.103 e. The van der Waals surface area contributed by atoms with Gasteiger partial charge in [-0.2, -0.15) is 0 Å². The number of benzene rings is 1. The monoisotopic (exact) mass is 278 g/mol. The fraction of sp³-hybridized carbons (Fsp3) is 0.429. The zero-order chi connectivity index (χ0) is 14.0. The van der Waals surface area contributed by atoms with Crippen LogP contribution in [-0.2, 0) is 0 Å². The first-order valence-electron chi connectivity index (χ1n) is 6.46. The predicted molar refractivity (Wildman–Crippen MR) is 77.9 cm³/mol. The fourth-order valence-electron chi connectivity index (χ4n) is 2.10. The van der Waals surface area contributed by atoms with E-state index in [4.69, 9.17) is 11.6 Å². The van der Waals surface area contributed by atoms with Gasteiger partial charge >= 0.3 is 0 Å². The quantitative estimate of drug-likeness (QED) is 0.934. The molecule has 1 unspecified atom stereocenters. The number of rotatable bonds is 4. The van der Waals surface area contributed by atoms with Gasteiger partial charge in [-0.25, -0.2) is 4.68 Å². The Morgan fingerprint density at radius 2 is 2.11 bits per heavy atom. The first kappa shape index (κ1) is 14.0. The van der Waals surface area contributed by atoms with E-state index in [1.807, 2.05) is 36.7 Å². The molecule has 0 fully saturated rings. The van der Waals surface area contributed by atoms with Crippen LogP contribution in [0.5, 0.6) is 0 Å². The van der Waals surface area contributed by atoms with E-state index in [2.05, 4.69) is 29.5 Å². The molecule has 1 atom stereocenters. The summed E-state index contributed by atoms with van der Waals surface area (Å²) in [5.74, 6) is 0. The second-order valence-corrected chi connectivity index (χ2v) is 5.09. The van der Waals surface area contributed by atoms with E-state index in [0.717, 1.165) is 34.2 Å². The predicted octanol–water partition coefficient (Wildman–Crippen LogP) is 3.21. The number of nitrogens with zero attached hydrogens (tertiary/aromatic N) is 3. The van der Waals surface area contributed by atoms with Crippen molar-refractivity contribution < 1.29 is 0 Å². The zero-order valence-electron chi connectivity index (χ0n) is 11.7. The number of aromatic nitrogens is 3. The molecule has 0 saturated heterocycles. The highest BCUT2D eigenvalue weighted by molar-refractivity contribution is 6.31. The van der Waals surface area contributed by atoms with Gasteiger partial charge in [-0.3, -0.25) is 0 Å². The average Bonchev–Trinajstić information content (AvgIpc) is 2.75. The molecular weight excluding hydrogens is 260 g/mol. The molecule has 5 heteroatoms. The van der Waals surface area contributed by atoms with Crippen LogP contribution in [0.2, 0.25) is 5.02 Å². The molecule has 1 heterocycles. The van der Waals surface area contributed by atoms with Crippen molar-refractivity contribution in [2.75, 3.05) is 6.54 Å². The third-order valence-corrected chi connectivity index (χ3v) is 3.66. The van der Waals surface area contributed by atoms with Gasteiger partial charge in [-0.05, 0) is 45.0 Å². The summed E-state index contributed by atoms with van der Waals surface area (Å²) in [5, 5.41) is 12.6. The molecule has 2 aromatic rings. The minimum atomic E-state index is 0.194. The van der Waals surface area contributed by atoms with Crippen LogP contribution in [0, 0.1) is 13.8 Å². The Hall–Kier alpha value is -1.39. The molecule has 0 aliphatic heterocycles. The van der Waals surface area contributed by atoms with Gasteiger partial charge in [-0.15, -0.1) is 5.10 Å². The number of halogens is 1. The molecule has 2 rings (SSSR count). The van der Waals surface area contributed by atoms with Crippen LogP contribution in [0.1, 0.15) is 36.8 Å². The van der Waals surface area contributed by atoms with Crippen molar-refractivity contribution in [2.24, 2.45) is 0 Å². The third-order valence-electron chi connectivity index (χ3n) is 3.25. The van der Waals surface area contributed by atoms with E-state index < -0.39 is 0 Å². The first-order valence-corrected chi connectivity index (χ1v) is 6.84. The molecule has 1 aromatic heterocycles. The second-order valence-electron chi connectivity index (χ2n) is 4.68. The SMILES string of the molecule is CCNC(C)c1nnn(-c2ccc(C)c(Cl)c2)c1C. The van der Waals surface area contributed by atoms with Crippen molar-refractivity contribution in [2.45, 2.75) is 33.7 Å². The lowest BCUT2D eigenvalue weighted by Crippen LogP contribution is -2.19. The normalized spacial score (nSPS) is 12.7. The highest BCUT2D eigenvalue weighted by atomic mass is 35.5. The summed E-state index contributed by atoms with van der Waals surface area (Å²) >= 11 is 6.16. The van der Waals surface area contributed by atoms with E-state index in [1.54, 1.807) is 0 Å². The lowest BCUT2D eigenvalue weighted by atomic mass is 10.2. The van der Waals surface area contributed by atoms with Crippen LogP contribution in [-0.4, -0.2) is 21.5 Å². The number of aryl methyl sites for hydroxylation is 1. The topological polar surface area (TPSA) is 42.7 Å². The largest absolute Gasteiger partial charge is 0.309 e. The van der Waals surface area contributed by atoms with Crippen molar-refractivity contribution in [1.29, 1.82) is 0 Å². The summed E-state index contributed by atoms with van der Waals surface area (Å²) in [6.07, 6.45) is 0. The second kappa shape index (κ2) is 5.72. The Kier molecular flexibility index (Phi) is 4.22. The van der Waals surface area contributed by atoms with Crippen molar-refractivity contribution in [1.82, 2.24) is 20.3 Å². The van der Waals surface area contributed by atoms with E-state index in [-0.39, 0.29) is 6.04 Å². The highest BCUT2D eigenvalue weighted by Gasteiger charge is 2.15. The maximum Gasteiger partial charge on any atom is 0.103 e. The van der Waals surface area contributed by atoms with Crippen LogP contribution in [0.3, 0.4) is 0 Å². The Morgan fingerprint density at radius 1 is 1.37 bits per heavy atom. The molecule has 0 spiro atoms. The Balaban J connectivity index is 2.38. The Labute approximate surface area is 118 Å². The van der Waals surface area contributed by atoms with Crippen molar-refractivity contribution in [3.8, 4) is 5.69 Å². The van der Waals surface area contributed by atoms with Gasteiger partial charge in [0.1, 0.15) is 5.69 Å². The number of hydrogen-bond acceptors (Lipinski definition) is 3. The van der Waals surface area contributed by atoms with Crippen LogP contribution < -0.4 is 5.32 Å². The standard InChI is InChI=1S/C14H19ClN4/c1-5-16-10(3)14-11(4)19(18-17-14)12-7-6-9(2)13(15)8-12/h6-8,10,16H,5H2,1-4H3. The molecule has 102 valence electrons. The van der Waals surface area contributed by atoms with Crippen LogP contribution in [0.4, 0.5) is 0 Å². The summed E-state index contributed by atoms with van der Waals surface area (Å²) in [6, 6.07) is 6.11. The van der Waals surface area contributed by atoms with Gasteiger partial charge in [0, 0.05) is 5.02 Å². The Bertz CT molecular complexity index is 577. The molecule has 4 nitrogen and oxygen atoms in total. The maximum atomic E-state index is 6.16. The van der Waals surface area contributed by atoms with E-state index >= 15 is 0 Å². The van der Waals surface area contributed by atoms with Gasteiger partial charge in [0.15, 0.2) is 0 Å². The summed E-state index contributed by atoms with van der Waals surface area (Å²) in [7, 11) is 0. The lowest BCUT2D eigenvalue weighted by molar-refractivity contribution is 0.579. The van der Waals surface area contributed by atoms with E-state index in [9.17, 15) is 0 Å². The molecule has 0 radical (unpaired) electrons. The first-order chi connectivity index (χ1) is 9.04. The fourth-order valence-corrected chi connectivity index (χ4v) is 2.28. The Morgan fingerprint density at radius 3 is 2.74 bits per heavy atom. The maximum absolute atomic E-state index is 6.16. The molecule has 0 saturated carbocycles. The van der Waals surface area contributed by atoms with E-state index in [0.29, 0.717) is 0 Å². The molecule has 0 bridgehead atoms. The molecule has 1 aromatic carbocycles. The average molecular weight is 279 g/mol. The van der Waals surface area contributed by atoms with Crippen LogP contribution >= 0.6 is 11.6 Å². The van der Waals surface area contributed by atoms with Crippen molar-refractivity contribution in [3.05, 3.63) is 40.2 Å². The van der Waals surface area contributed by atoms with Gasteiger partial charge in [0.25, 0.3) is 0 Å². The summed E-state index contributed by atoms with van der Waals surface area (Å²) in [4.78, 5) is 0. The summed E-state index contributed by atoms with van der Waals surface area (Å²) < 4.78 is 1.83. The summed E-state index contributed by atoms with van der Waals surface area (Å²) in [6.45, 7) is 9.09. The minimum Gasteiger partial charge on any atom is -0.309 e. The lowest BCUT2D eigenvalue weighted by Gasteiger charge is -2.10. The van der Waals surface area contributed by atoms with Gasteiger partial charge < -0.3 is 5.32 Å². The summed E-state index contributed by atoms with van der Waals surface area (Å²) in [5.41, 5.74) is 4.01. The van der Waals surface area contributed by atoms with Gasteiger partial charge in [-0.1, -0.05) is 29.8 Å². The number of hydrogen-bond donors (Lipinski definition) is 1. The minimum absolute atomic E-state index is 0.194. The number of nitrogens with one attached hydrogen (secondary N) is 1. The zero-order valence-corrected chi connectivity index (χ0v) is 12.5.